The zero-order valence-corrected chi connectivity index (χ0v) is 10.8. The number of benzene rings is 1. The van der Waals surface area contributed by atoms with Gasteiger partial charge in [0.1, 0.15) is 19.2 Å². The second-order valence-corrected chi connectivity index (χ2v) is 4.67. The first-order valence-corrected chi connectivity index (χ1v) is 6.12. The fourth-order valence-electron chi connectivity index (χ4n) is 1.51. The molecule has 0 bridgehead atoms. The lowest BCUT2D eigenvalue weighted by molar-refractivity contribution is -0.119. The van der Waals surface area contributed by atoms with Crippen LogP contribution in [0.15, 0.2) is 41.4 Å². The molecule has 0 N–H and O–H groups in total. The maximum Gasteiger partial charge on any atom is 0.154 e. The van der Waals surface area contributed by atoms with Crippen LogP contribution < -0.4 is 0 Å². The van der Waals surface area contributed by atoms with Gasteiger partial charge in [0.25, 0.3) is 0 Å². The third kappa shape index (κ3) is 3.78. The van der Waals surface area contributed by atoms with E-state index >= 15 is 0 Å². The van der Waals surface area contributed by atoms with Crippen LogP contribution in [-0.4, -0.2) is 20.5 Å². The van der Waals surface area contributed by atoms with Crippen molar-refractivity contribution >= 4 is 21.7 Å². The number of hydrogen-bond acceptors (Lipinski definition) is 3. The third-order valence-electron chi connectivity index (χ3n) is 2.41. The molecule has 0 saturated heterocycles. The molecule has 17 heavy (non-hydrogen) atoms. The average molecular weight is 294 g/mol. The number of aromatic nitrogens is 3. The van der Waals surface area contributed by atoms with Gasteiger partial charge >= 0.3 is 0 Å². The van der Waals surface area contributed by atoms with Gasteiger partial charge in [-0.05, 0) is 24.1 Å². The van der Waals surface area contributed by atoms with E-state index in [9.17, 15) is 4.79 Å². The summed E-state index contributed by atoms with van der Waals surface area (Å²) in [5.74, 6) is 0.165. The summed E-state index contributed by atoms with van der Waals surface area (Å²) >= 11 is 3.38. The topological polar surface area (TPSA) is 47.8 Å². The Morgan fingerprint density at radius 3 is 2.71 bits per heavy atom. The Morgan fingerprint density at radius 2 is 2.06 bits per heavy atom. The Bertz CT molecular complexity index is 479. The summed E-state index contributed by atoms with van der Waals surface area (Å²) in [6.45, 7) is 0.302. The van der Waals surface area contributed by atoms with Crippen molar-refractivity contribution in [1.29, 1.82) is 0 Å². The largest absolute Gasteiger partial charge is 0.298 e. The molecule has 2 aromatic rings. The second kappa shape index (κ2) is 5.72. The highest BCUT2D eigenvalue weighted by Crippen LogP contribution is 2.11. The van der Waals surface area contributed by atoms with Crippen LogP contribution in [0.3, 0.4) is 0 Å². The highest BCUT2D eigenvalue weighted by Gasteiger charge is 2.04. The van der Waals surface area contributed by atoms with Crippen LogP contribution in [0.2, 0.25) is 0 Å². The van der Waals surface area contributed by atoms with Crippen LogP contribution in [0.4, 0.5) is 0 Å². The maximum absolute atomic E-state index is 11.7. The number of hydrogen-bond donors (Lipinski definition) is 0. The van der Waals surface area contributed by atoms with E-state index in [0.717, 1.165) is 10.9 Å². The second-order valence-electron chi connectivity index (χ2n) is 3.76. The normalized spacial score (nSPS) is 10.4. The zero-order chi connectivity index (χ0) is 12.1. The predicted molar refractivity (Wildman–Crippen MR) is 67.5 cm³/mol. The summed E-state index contributed by atoms with van der Waals surface area (Å²) in [7, 11) is 0. The van der Waals surface area contributed by atoms with Crippen LogP contribution in [0.5, 0.6) is 0 Å². The van der Waals surface area contributed by atoms with Gasteiger partial charge in [0.2, 0.25) is 0 Å². The van der Waals surface area contributed by atoms with Crippen LogP contribution in [0, 0.1) is 0 Å². The molecule has 5 heteroatoms. The Hall–Kier alpha value is -1.49. The van der Waals surface area contributed by atoms with Crippen molar-refractivity contribution in [2.75, 3.05) is 0 Å². The summed E-state index contributed by atoms with van der Waals surface area (Å²) in [6.07, 6.45) is 4.28. The van der Waals surface area contributed by atoms with Crippen LogP contribution in [-0.2, 0) is 17.8 Å². The summed E-state index contributed by atoms with van der Waals surface area (Å²) in [5, 5.41) is 3.90. The van der Waals surface area contributed by atoms with Gasteiger partial charge in [-0.3, -0.25) is 4.79 Å². The highest BCUT2D eigenvalue weighted by atomic mass is 79.9. The predicted octanol–water partition coefficient (Wildman–Crippen LogP) is 2.24. The Morgan fingerprint density at radius 1 is 1.29 bits per heavy atom. The first-order valence-electron chi connectivity index (χ1n) is 5.32. The molecular formula is C12H12BrN3O. The molecule has 0 spiro atoms. The minimum Gasteiger partial charge on any atom is -0.298 e. The number of Topliss-reactive ketones (excluding diaryl/α,β-unsaturated/α-hetero) is 1. The van der Waals surface area contributed by atoms with E-state index in [1.54, 1.807) is 11.0 Å². The molecule has 1 aromatic heterocycles. The van der Waals surface area contributed by atoms with E-state index in [0.29, 0.717) is 13.0 Å². The molecule has 0 radical (unpaired) electrons. The van der Waals surface area contributed by atoms with Gasteiger partial charge in [0.15, 0.2) is 5.78 Å². The van der Waals surface area contributed by atoms with Crippen molar-refractivity contribution in [3.05, 3.63) is 47.0 Å². The first-order chi connectivity index (χ1) is 8.24. The molecule has 2 rings (SSSR count). The van der Waals surface area contributed by atoms with Gasteiger partial charge in [-0.2, -0.15) is 5.10 Å². The van der Waals surface area contributed by atoms with E-state index in [4.69, 9.17) is 0 Å². The molecule has 1 heterocycles. The summed E-state index contributed by atoms with van der Waals surface area (Å²) in [4.78, 5) is 15.5. The van der Waals surface area contributed by atoms with Crippen LogP contribution >= 0.6 is 15.9 Å². The first kappa shape index (κ1) is 12.0. The van der Waals surface area contributed by atoms with E-state index < -0.39 is 0 Å². The molecule has 0 aliphatic rings. The number of halogens is 1. The van der Waals surface area contributed by atoms with Crippen molar-refractivity contribution in [2.24, 2.45) is 0 Å². The van der Waals surface area contributed by atoms with Gasteiger partial charge in [0, 0.05) is 10.9 Å². The average Bonchev–Trinajstić information content (AvgIpc) is 2.81. The SMILES string of the molecule is O=C(CCc1ccc(Br)cc1)Cn1cncn1. The van der Waals surface area contributed by atoms with Gasteiger partial charge in [-0.15, -0.1) is 0 Å². The Labute approximate surface area is 108 Å². The number of carbonyl (C=O) groups is 1. The lowest BCUT2D eigenvalue weighted by Crippen LogP contribution is -2.11. The highest BCUT2D eigenvalue weighted by molar-refractivity contribution is 9.10. The number of ketones is 1. The molecule has 0 unspecified atom stereocenters. The van der Waals surface area contributed by atoms with Crippen LogP contribution in [0.1, 0.15) is 12.0 Å². The van der Waals surface area contributed by atoms with Gasteiger partial charge in [0.05, 0.1) is 0 Å². The Balaban J connectivity index is 1.82. The third-order valence-corrected chi connectivity index (χ3v) is 2.94. The molecule has 0 aliphatic carbocycles. The standard InChI is InChI=1S/C12H12BrN3O/c13-11-4-1-10(2-5-11)3-6-12(17)7-16-9-14-8-15-16/h1-2,4-5,8-9H,3,6-7H2. The van der Waals surface area contributed by atoms with Gasteiger partial charge in [-0.25, -0.2) is 9.67 Å². The van der Waals surface area contributed by atoms with Crippen molar-refractivity contribution < 1.29 is 4.79 Å². The minimum atomic E-state index is 0.165. The maximum atomic E-state index is 11.7. The Kier molecular flexibility index (Phi) is 4.03. The van der Waals surface area contributed by atoms with Crippen molar-refractivity contribution in [2.45, 2.75) is 19.4 Å². The van der Waals surface area contributed by atoms with Gasteiger partial charge in [-0.1, -0.05) is 28.1 Å². The fraction of sp³-hybridized carbons (Fsp3) is 0.250. The van der Waals surface area contributed by atoms with Gasteiger partial charge < -0.3 is 0 Å². The molecule has 4 nitrogen and oxygen atoms in total. The molecule has 0 atom stereocenters. The van der Waals surface area contributed by atoms with E-state index in [2.05, 4.69) is 26.0 Å². The van der Waals surface area contributed by atoms with Crippen LogP contribution in [0.25, 0.3) is 0 Å². The number of carbonyl (C=O) groups excluding carboxylic acids is 1. The molecule has 88 valence electrons. The lowest BCUT2D eigenvalue weighted by atomic mass is 10.1. The van der Waals surface area contributed by atoms with E-state index in [1.165, 1.54) is 11.9 Å². The lowest BCUT2D eigenvalue weighted by Gasteiger charge is -2.02. The van der Waals surface area contributed by atoms with E-state index in [1.807, 2.05) is 24.3 Å². The quantitative estimate of drug-likeness (QED) is 0.849. The number of nitrogens with zero attached hydrogens (tertiary/aromatic N) is 3. The van der Waals surface area contributed by atoms with E-state index in [-0.39, 0.29) is 5.78 Å². The van der Waals surface area contributed by atoms with Crippen molar-refractivity contribution in [3.63, 3.8) is 0 Å². The molecule has 0 aliphatic heterocycles. The summed E-state index contributed by atoms with van der Waals surface area (Å²) in [5.41, 5.74) is 1.17. The minimum absolute atomic E-state index is 0.165. The fourth-order valence-corrected chi connectivity index (χ4v) is 1.77. The van der Waals surface area contributed by atoms with Crippen molar-refractivity contribution in [3.8, 4) is 0 Å². The molecule has 0 fully saturated rings. The molecule has 0 saturated carbocycles. The monoisotopic (exact) mass is 293 g/mol. The summed E-state index contributed by atoms with van der Waals surface area (Å²) in [6, 6.07) is 8.01. The number of rotatable bonds is 5. The molecule has 0 amide bonds. The zero-order valence-electron chi connectivity index (χ0n) is 9.21. The smallest absolute Gasteiger partial charge is 0.154 e. The molecule has 1 aromatic carbocycles. The van der Waals surface area contributed by atoms with Crippen molar-refractivity contribution in [1.82, 2.24) is 14.8 Å². The number of aryl methyl sites for hydroxylation is 1. The summed E-state index contributed by atoms with van der Waals surface area (Å²) < 4.78 is 2.60. The molecular weight excluding hydrogens is 282 g/mol.